The van der Waals surface area contributed by atoms with E-state index in [-0.39, 0.29) is 5.91 Å². The molecule has 0 unspecified atom stereocenters. The number of rotatable bonds is 2. The zero-order chi connectivity index (χ0) is 16.0. The van der Waals surface area contributed by atoms with Crippen molar-refractivity contribution in [1.82, 2.24) is 14.5 Å². The van der Waals surface area contributed by atoms with Gasteiger partial charge in [-0.25, -0.2) is 4.98 Å². The highest BCUT2D eigenvalue weighted by molar-refractivity contribution is 5.95. The Balaban J connectivity index is 1.60. The van der Waals surface area contributed by atoms with Gasteiger partial charge in [-0.05, 0) is 32.0 Å². The highest BCUT2D eigenvalue weighted by Crippen LogP contribution is 2.25. The Hall–Kier alpha value is -2.76. The molecule has 0 atom stereocenters. The number of imidazole rings is 1. The topological polar surface area (TPSA) is 64.4 Å². The molecule has 0 aromatic carbocycles. The van der Waals surface area contributed by atoms with E-state index >= 15 is 0 Å². The summed E-state index contributed by atoms with van der Waals surface area (Å²) in [4.78, 5) is 19.0. The standard InChI is InChI=1S/C17H17N3O3/c1-11-8-13(12(2)23-11)17(21)19-5-6-20-14(9-18-16(20)10-19)15-4-3-7-22-15/h3-4,7-9H,5-6,10H2,1-2H3. The van der Waals surface area contributed by atoms with Crippen LogP contribution in [0.3, 0.4) is 0 Å². The van der Waals surface area contributed by atoms with Gasteiger partial charge in [0.2, 0.25) is 0 Å². The summed E-state index contributed by atoms with van der Waals surface area (Å²) in [5.74, 6) is 3.08. The van der Waals surface area contributed by atoms with Crippen molar-refractivity contribution < 1.29 is 13.6 Å². The Bertz CT molecular complexity index is 858. The van der Waals surface area contributed by atoms with Crippen LogP contribution in [0.1, 0.15) is 27.7 Å². The van der Waals surface area contributed by atoms with Crippen LogP contribution in [0.4, 0.5) is 0 Å². The number of carbonyl (C=O) groups excluding carboxylic acids is 1. The minimum Gasteiger partial charge on any atom is -0.466 e. The van der Waals surface area contributed by atoms with Gasteiger partial charge >= 0.3 is 0 Å². The summed E-state index contributed by atoms with van der Waals surface area (Å²) in [5.41, 5.74) is 1.58. The molecule has 0 N–H and O–H groups in total. The van der Waals surface area contributed by atoms with E-state index in [0.29, 0.717) is 31.0 Å². The summed E-state index contributed by atoms with van der Waals surface area (Å²) in [6.07, 6.45) is 3.45. The first-order valence-electron chi connectivity index (χ1n) is 7.58. The molecule has 0 fully saturated rings. The summed E-state index contributed by atoms with van der Waals surface area (Å²) < 4.78 is 13.0. The van der Waals surface area contributed by atoms with Gasteiger partial charge < -0.3 is 18.3 Å². The zero-order valence-corrected chi connectivity index (χ0v) is 13.1. The van der Waals surface area contributed by atoms with Gasteiger partial charge in [-0.15, -0.1) is 0 Å². The number of fused-ring (bicyclic) bond motifs is 1. The van der Waals surface area contributed by atoms with Crippen LogP contribution >= 0.6 is 0 Å². The first-order chi connectivity index (χ1) is 11.1. The van der Waals surface area contributed by atoms with Gasteiger partial charge in [-0.2, -0.15) is 0 Å². The number of hydrogen-bond acceptors (Lipinski definition) is 4. The van der Waals surface area contributed by atoms with E-state index in [9.17, 15) is 4.79 Å². The van der Waals surface area contributed by atoms with Crippen LogP contribution in [0.5, 0.6) is 0 Å². The van der Waals surface area contributed by atoms with E-state index in [0.717, 1.165) is 23.0 Å². The Morgan fingerprint density at radius 3 is 2.87 bits per heavy atom. The smallest absolute Gasteiger partial charge is 0.257 e. The van der Waals surface area contributed by atoms with Gasteiger partial charge in [-0.3, -0.25) is 4.79 Å². The molecule has 1 aliphatic heterocycles. The summed E-state index contributed by atoms with van der Waals surface area (Å²) >= 11 is 0. The van der Waals surface area contributed by atoms with Crippen molar-refractivity contribution in [1.29, 1.82) is 0 Å². The molecule has 6 heteroatoms. The normalized spacial score (nSPS) is 14.1. The third-order valence-corrected chi connectivity index (χ3v) is 4.20. The molecule has 3 aromatic rings. The summed E-state index contributed by atoms with van der Waals surface area (Å²) in [6, 6.07) is 5.57. The van der Waals surface area contributed by atoms with E-state index < -0.39 is 0 Å². The van der Waals surface area contributed by atoms with Gasteiger partial charge in [-0.1, -0.05) is 0 Å². The number of carbonyl (C=O) groups is 1. The maximum atomic E-state index is 12.7. The number of hydrogen-bond donors (Lipinski definition) is 0. The van der Waals surface area contributed by atoms with Gasteiger partial charge in [0, 0.05) is 13.1 Å². The van der Waals surface area contributed by atoms with Gasteiger partial charge in [0.05, 0.1) is 24.6 Å². The van der Waals surface area contributed by atoms with Gasteiger partial charge in [0.15, 0.2) is 5.76 Å². The van der Waals surface area contributed by atoms with Crippen LogP contribution in [0.15, 0.2) is 39.5 Å². The van der Waals surface area contributed by atoms with Crippen molar-refractivity contribution in [3.05, 3.63) is 53.6 Å². The summed E-state index contributed by atoms with van der Waals surface area (Å²) in [7, 11) is 0. The van der Waals surface area contributed by atoms with Gasteiger partial charge in [0.1, 0.15) is 23.0 Å². The molecule has 4 heterocycles. The highest BCUT2D eigenvalue weighted by Gasteiger charge is 2.27. The molecule has 1 aliphatic rings. The van der Waals surface area contributed by atoms with Crippen molar-refractivity contribution in [2.24, 2.45) is 0 Å². The number of aromatic nitrogens is 2. The molecule has 118 valence electrons. The number of amides is 1. The maximum absolute atomic E-state index is 12.7. The zero-order valence-electron chi connectivity index (χ0n) is 13.1. The minimum absolute atomic E-state index is 0.00634. The lowest BCUT2D eigenvalue weighted by Crippen LogP contribution is -2.38. The van der Waals surface area contributed by atoms with Crippen LogP contribution in [0.25, 0.3) is 11.5 Å². The molecular weight excluding hydrogens is 294 g/mol. The molecule has 0 saturated carbocycles. The fraction of sp³-hybridized carbons (Fsp3) is 0.294. The quantitative estimate of drug-likeness (QED) is 0.730. The fourth-order valence-electron chi connectivity index (χ4n) is 3.07. The average molecular weight is 311 g/mol. The molecule has 6 nitrogen and oxygen atoms in total. The molecule has 1 amide bonds. The third-order valence-electron chi connectivity index (χ3n) is 4.20. The Kier molecular flexibility index (Phi) is 3.11. The van der Waals surface area contributed by atoms with Crippen molar-refractivity contribution in [2.75, 3.05) is 6.54 Å². The Labute approximate surface area is 133 Å². The van der Waals surface area contributed by atoms with Crippen molar-refractivity contribution in [2.45, 2.75) is 26.9 Å². The number of furan rings is 2. The number of aryl methyl sites for hydroxylation is 2. The number of nitrogens with zero attached hydrogens (tertiary/aromatic N) is 3. The largest absolute Gasteiger partial charge is 0.466 e. The third kappa shape index (κ3) is 2.27. The molecule has 0 aliphatic carbocycles. The Morgan fingerprint density at radius 1 is 1.30 bits per heavy atom. The SMILES string of the molecule is Cc1cc(C(=O)N2CCn3c(-c4ccco4)cnc3C2)c(C)o1. The molecule has 0 spiro atoms. The highest BCUT2D eigenvalue weighted by atomic mass is 16.3. The molecule has 0 bridgehead atoms. The van der Waals surface area contributed by atoms with Crippen LogP contribution < -0.4 is 0 Å². The van der Waals surface area contributed by atoms with E-state index in [4.69, 9.17) is 8.83 Å². The maximum Gasteiger partial charge on any atom is 0.257 e. The van der Waals surface area contributed by atoms with Crippen molar-refractivity contribution in [3.63, 3.8) is 0 Å². The predicted molar refractivity (Wildman–Crippen MR) is 82.9 cm³/mol. The lowest BCUT2D eigenvalue weighted by atomic mass is 10.2. The molecular formula is C17H17N3O3. The molecule has 0 radical (unpaired) electrons. The second kappa shape index (κ2) is 5.15. The first-order valence-corrected chi connectivity index (χ1v) is 7.58. The predicted octanol–water partition coefficient (Wildman–Crippen LogP) is 3.01. The summed E-state index contributed by atoms with van der Waals surface area (Å²) in [6.45, 7) is 5.50. The lowest BCUT2D eigenvalue weighted by Gasteiger charge is -2.28. The van der Waals surface area contributed by atoms with E-state index in [1.165, 1.54) is 0 Å². The van der Waals surface area contributed by atoms with Crippen LogP contribution in [-0.4, -0.2) is 26.9 Å². The van der Waals surface area contributed by atoms with Crippen molar-refractivity contribution >= 4 is 5.91 Å². The van der Waals surface area contributed by atoms with E-state index in [1.54, 1.807) is 18.5 Å². The van der Waals surface area contributed by atoms with Crippen LogP contribution in [0.2, 0.25) is 0 Å². The Morgan fingerprint density at radius 2 is 2.17 bits per heavy atom. The van der Waals surface area contributed by atoms with Crippen LogP contribution in [0, 0.1) is 13.8 Å². The average Bonchev–Trinajstić information content (AvgIpc) is 3.24. The lowest BCUT2D eigenvalue weighted by molar-refractivity contribution is 0.0706. The summed E-state index contributed by atoms with van der Waals surface area (Å²) in [5, 5.41) is 0. The molecule has 23 heavy (non-hydrogen) atoms. The second-order valence-electron chi connectivity index (χ2n) is 5.74. The molecule has 4 rings (SSSR count). The molecule has 3 aromatic heterocycles. The first kappa shape index (κ1) is 13.9. The van der Waals surface area contributed by atoms with Crippen LogP contribution in [-0.2, 0) is 13.1 Å². The molecule has 0 saturated heterocycles. The van der Waals surface area contributed by atoms with E-state index in [1.807, 2.05) is 30.9 Å². The fourth-order valence-corrected chi connectivity index (χ4v) is 3.07. The second-order valence-corrected chi connectivity index (χ2v) is 5.74. The minimum atomic E-state index is -0.00634. The van der Waals surface area contributed by atoms with Gasteiger partial charge in [0.25, 0.3) is 5.91 Å². The van der Waals surface area contributed by atoms with E-state index in [2.05, 4.69) is 9.55 Å². The van der Waals surface area contributed by atoms with Crippen molar-refractivity contribution in [3.8, 4) is 11.5 Å². The monoisotopic (exact) mass is 311 g/mol.